The zero-order chi connectivity index (χ0) is 11.5. The standard InChI is InChI=1S/C13H25NO/c1-3-5-6-7-8-9-10-11-13(15)12(14)4-2/h4H,3,5-11,14H2,1-2H3/b12-4-. The fraction of sp³-hybridized carbons (Fsp3) is 0.769. The Labute approximate surface area is 93.9 Å². The van der Waals surface area contributed by atoms with Gasteiger partial charge in [-0.2, -0.15) is 0 Å². The highest BCUT2D eigenvalue weighted by molar-refractivity contribution is 5.94. The molecule has 88 valence electrons. The van der Waals surface area contributed by atoms with Crippen LogP contribution in [0.15, 0.2) is 11.8 Å². The lowest BCUT2D eigenvalue weighted by Gasteiger charge is -2.01. The van der Waals surface area contributed by atoms with Crippen LogP contribution in [0.3, 0.4) is 0 Å². The number of Topliss-reactive ketones (excluding diaryl/α,β-unsaturated/α-hetero) is 1. The van der Waals surface area contributed by atoms with Crippen molar-refractivity contribution in [3.63, 3.8) is 0 Å². The van der Waals surface area contributed by atoms with E-state index in [0.29, 0.717) is 12.1 Å². The van der Waals surface area contributed by atoms with Gasteiger partial charge in [0.05, 0.1) is 5.70 Å². The average Bonchev–Trinajstić information content (AvgIpc) is 2.26. The lowest BCUT2D eigenvalue weighted by Crippen LogP contribution is -2.10. The van der Waals surface area contributed by atoms with Crippen LogP contribution in [0.1, 0.15) is 65.2 Å². The molecule has 0 fully saturated rings. The molecule has 2 heteroatoms. The first-order chi connectivity index (χ1) is 7.22. The third-order valence-electron chi connectivity index (χ3n) is 2.64. The van der Waals surface area contributed by atoms with Crippen molar-refractivity contribution in [2.24, 2.45) is 5.73 Å². The Kier molecular flexibility index (Phi) is 9.24. The van der Waals surface area contributed by atoms with Gasteiger partial charge in [-0.05, 0) is 13.3 Å². The van der Waals surface area contributed by atoms with E-state index in [9.17, 15) is 4.79 Å². The van der Waals surface area contributed by atoms with Crippen LogP contribution in [0.5, 0.6) is 0 Å². The summed E-state index contributed by atoms with van der Waals surface area (Å²) in [4.78, 5) is 11.3. The van der Waals surface area contributed by atoms with Crippen molar-refractivity contribution in [1.29, 1.82) is 0 Å². The topological polar surface area (TPSA) is 43.1 Å². The van der Waals surface area contributed by atoms with Gasteiger partial charge in [0.1, 0.15) is 0 Å². The molecule has 0 atom stereocenters. The summed E-state index contributed by atoms with van der Waals surface area (Å²) in [5.41, 5.74) is 5.93. The molecule has 0 amide bonds. The largest absolute Gasteiger partial charge is 0.396 e. The third kappa shape index (κ3) is 8.22. The Hall–Kier alpha value is -0.790. The summed E-state index contributed by atoms with van der Waals surface area (Å²) < 4.78 is 0. The minimum Gasteiger partial charge on any atom is -0.396 e. The molecule has 0 aromatic carbocycles. The quantitative estimate of drug-likeness (QED) is 0.468. The Bertz CT molecular complexity index is 197. The molecule has 2 nitrogen and oxygen atoms in total. The zero-order valence-corrected chi connectivity index (χ0v) is 10.2. The summed E-state index contributed by atoms with van der Waals surface area (Å²) in [5.74, 6) is 0.103. The zero-order valence-electron chi connectivity index (χ0n) is 10.2. The van der Waals surface area contributed by atoms with Crippen molar-refractivity contribution in [2.45, 2.75) is 65.2 Å². The molecular formula is C13H25NO. The number of ketones is 1. The fourth-order valence-electron chi connectivity index (χ4n) is 1.55. The second-order valence-corrected chi connectivity index (χ2v) is 4.04. The lowest BCUT2D eigenvalue weighted by atomic mass is 10.1. The van der Waals surface area contributed by atoms with Crippen molar-refractivity contribution >= 4 is 5.78 Å². The molecule has 0 bridgehead atoms. The minimum atomic E-state index is 0.103. The van der Waals surface area contributed by atoms with Crippen LogP contribution in [0.25, 0.3) is 0 Å². The van der Waals surface area contributed by atoms with Crippen LogP contribution in [-0.2, 0) is 4.79 Å². The first-order valence-electron chi connectivity index (χ1n) is 6.17. The second kappa shape index (κ2) is 9.75. The van der Waals surface area contributed by atoms with Crippen LogP contribution in [0.2, 0.25) is 0 Å². The molecule has 0 saturated heterocycles. The normalized spacial score (nSPS) is 11.7. The van der Waals surface area contributed by atoms with Crippen molar-refractivity contribution in [1.82, 2.24) is 0 Å². The highest BCUT2D eigenvalue weighted by Gasteiger charge is 2.03. The molecule has 2 N–H and O–H groups in total. The minimum absolute atomic E-state index is 0.103. The number of hydrogen-bond donors (Lipinski definition) is 1. The van der Waals surface area contributed by atoms with Gasteiger partial charge in [0, 0.05) is 6.42 Å². The van der Waals surface area contributed by atoms with Crippen molar-refractivity contribution in [2.75, 3.05) is 0 Å². The van der Waals surface area contributed by atoms with Gasteiger partial charge in [0.15, 0.2) is 5.78 Å². The maximum atomic E-state index is 11.3. The average molecular weight is 211 g/mol. The van der Waals surface area contributed by atoms with Crippen LogP contribution in [-0.4, -0.2) is 5.78 Å². The van der Waals surface area contributed by atoms with Gasteiger partial charge in [-0.15, -0.1) is 0 Å². The van der Waals surface area contributed by atoms with E-state index in [1.165, 1.54) is 32.1 Å². The second-order valence-electron chi connectivity index (χ2n) is 4.04. The highest BCUT2D eigenvalue weighted by atomic mass is 16.1. The fourth-order valence-corrected chi connectivity index (χ4v) is 1.55. The van der Waals surface area contributed by atoms with E-state index in [2.05, 4.69) is 6.92 Å². The third-order valence-corrected chi connectivity index (χ3v) is 2.64. The molecule has 0 aliphatic heterocycles. The number of carbonyl (C=O) groups is 1. The van der Waals surface area contributed by atoms with Crippen LogP contribution >= 0.6 is 0 Å². The number of unbranched alkanes of at least 4 members (excludes halogenated alkanes) is 6. The van der Waals surface area contributed by atoms with Gasteiger partial charge in [-0.25, -0.2) is 0 Å². The predicted molar refractivity (Wildman–Crippen MR) is 65.6 cm³/mol. The maximum absolute atomic E-state index is 11.3. The van der Waals surface area contributed by atoms with Crippen molar-refractivity contribution < 1.29 is 4.79 Å². The van der Waals surface area contributed by atoms with Gasteiger partial charge in [-0.3, -0.25) is 4.79 Å². The Morgan fingerprint density at radius 1 is 1.07 bits per heavy atom. The van der Waals surface area contributed by atoms with Crippen LogP contribution in [0.4, 0.5) is 0 Å². The number of rotatable bonds is 9. The van der Waals surface area contributed by atoms with Gasteiger partial charge in [0.25, 0.3) is 0 Å². The molecule has 0 heterocycles. The van der Waals surface area contributed by atoms with E-state index in [1.54, 1.807) is 13.0 Å². The predicted octanol–water partition coefficient (Wildman–Crippen LogP) is 3.56. The maximum Gasteiger partial charge on any atom is 0.178 e. The van der Waals surface area contributed by atoms with E-state index < -0.39 is 0 Å². The molecule has 0 spiro atoms. The summed E-state index contributed by atoms with van der Waals surface area (Å²) in [6.45, 7) is 4.02. The smallest absolute Gasteiger partial charge is 0.178 e. The van der Waals surface area contributed by atoms with E-state index in [1.807, 2.05) is 0 Å². The molecule has 0 aromatic heterocycles. The molecule has 0 radical (unpaired) electrons. The molecule has 0 saturated carbocycles. The van der Waals surface area contributed by atoms with Gasteiger partial charge in [0.2, 0.25) is 0 Å². The van der Waals surface area contributed by atoms with E-state index in [0.717, 1.165) is 12.8 Å². The molecule has 0 unspecified atom stereocenters. The molecule has 0 aromatic rings. The Morgan fingerprint density at radius 2 is 1.60 bits per heavy atom. The van der Waals surface area contributed by atoms with E-state index >= 15 is 0 Å². The number of carbonyl (C=O) groups excluding carboxylic acids is 1. The van der Waals surface area contributed by atoms with Crippen LogP contribution in [0, 0.1) is 0 Å². The first-order valence-corrected chi connectivity index (χ1v) is 6.17. The summed E-state index contributed by atoms with van der Waals surface area (Å²) in [6.07, 6.45) is 11.0. The number of nitrogens with two attached hydrogens (primary N) is 1. The summed E-state index contributed by atoms with van der Waals surface area (Å²) >= 11 is 0. The SMILES string of the molecule is C/C=C(\N)C(=O)CCCCCCCCC. The molecule has 15 heavy (non-hydrogen) atoms. The van der Waals surface area contributed by atoms with Gasteiger partial charge in [-0.1, -0.05) is 51.5 Å². The Morgan fingerprint density at radius 3 is 2.13 bits per heavy atom. The summed E-state index contributed by atoms with van der Waals surface area (Å²) in [5, 5.41) is 0. The molecule has 0 rings (SSSR count). The highest BCUT2D eigenvalue weighted by Crippen LogP contribution is 2.09. The lowest BCUT2D eigenvalue weighted by molar-refractivity contribution is -0.115. The van der Waals surface area contributed by atoms with Crippen molar-refractivity contribution in [3.8, 4) is 0 Å². The Balaban J connectivity index is 3.28. The molecule has 0 aliphatic carbocycles. The van der Waals surface area contributed by atoms with Gasteiger partial charge < -0.3 is 5.73 Å². The first kappa shape index (κ1) is 14.2. The summed E-state index contributed by atoms with van der Waals surface area (Å²) in [7, 11) is 0. The molecular weight excluding hydrogens is 186 g/mol. The van der Waals surface area contributed by atoms with E-state index in [4.69, 9.17) is 5.73 Å². The van der Waals surface area contributed by atoms with Crippen molar-refractivity contribution in [3.05, 3.63) is 11.8 Å². The monoisotopic (exact) mass is 211 g/mol. The summed E-state index contributed by atoms with van der Waals surface area (Å²) in [6, 6.07) is 0. The number of hydrogen-bond acceptors (Lipinski definition) is 2. The van der Waals surface area contributed by atoms with Crippen LogP contribution < -0.4 is 5.73 Å². The molecule has 0 aliphatic rings. The van der Waals surface area contributed by atoms with E-state index in [-0.39, 0.29) is 5.78 Å². The number of allylic oxidation sites excluding steroid dienone is 2. The van der Waals surface area contributed by atoms with Gasteiger partial charge >= 0.3 is 0 Å².